The third kappa shape index (κ3) is 3.98. The molecule has 0 radical (unpaired) electrons. The molecule has 0 fully saturated rings. The number of carbonyl (C=O) groups is 2. The van der Waals surface area contributed by atoms with Gasteiger partial charge in [-0.1, -0.05) is 12.1 Å². The lowest BCUT2D eigenvalue weighted by Gasteiger charge is -2.07. The number of amides is 1. The van der Waals surface area contributed by atoms with Gasteiger partial charge in [-0.25, -0.2) is 9.67 Å². The summed E-state index contributed by atoms with van der Waals surface area (Å²) in [6, 6.07) is 6.90. The predicted octanol–water partition coefficient (Wildman–Crippen LogP) is 2.13. The first kappa shape index (κ1) is 14.9. The quantitative estimate of drug-likeness (QED) is 0.854. The van der Waals surface area contributed by atoms with E-state index in [1.165, 1.54) is 6.92 Å². The van der Waals surface area contributed by atoms with Gasteiger partial charge in [0, 0.05) is 17.7 Å². The first-order valence-electron chi connectivity index (χ1n) is 6.74. The predicted molar refractivity (Wildman–Crippen MR) is 79.2 cm³/mol. The van der Waals surface area contributed by atoms with Gasteiger partial charge in [0.25, 0.3) is 0 Å². The van der Waals surface area contributed by atoms with Gasteiger partial charge in [-0.2, -0.15) is 5.10 Å². The van der Waals surface area contributed by atoms with E-state index in [1.54, 1.807) is 28.9 Å². The van der Waals surface area contributed by atoms with E-state index in [0.29, 0.717) is 30.0 Å². The summed E-state index contributed by atoms with van der Waals surface area (Å²) in [5, 5.41) is 6.99. The highest BCUT2D eigenvalue weighted by Gasteiger charge is 2.07. The molecular formula is C15H18N4O2. The molecule has 0 aliphatic rings. The Labute approximate surface area is 123 Å². The van der Waals surface area contributed by atoms with Crippen molar-refractivity contribution in [1.82, 2.24) is 14.8 Å². The summed E-state index contributed by atoms with van der Waals surface area (Å²) in [7, 11) is 0. The van der Waals surface area contributed by atoms with Gasteiger partial charge >= 0.3 is 0 Å². The zero-order chi connectivity index (χ0) is 15.4. The second kappa shape index (κ2) is 6.30. The number of aryl methyl sites for hydroxylation is 3. The second-order valence-corrected chi connectivity index (χ2v) is 4.86. The molecule has 1 heterocycles. The minimum Gasteiger partial charge on any atom is -0.326 e. The number of nitrogens with zero attached hydrogens (tertiary/aromatic N) is 3. The average molecular weight is 286 g/mol. The summed E-state index contributed by atoms with van der Waals surface area (Å²) < 4.78 is 1.71. The topological polar surface area (TPSA) is 76.9 Å². The normalized spacial score (nSPS) is 10.4. The summed E-state index contributed by atoms with van der Waals surface area (Å²) in [4.78, 5) is 27.4. The maximum absolute atomic E-state index is 11.9. The van der Waals surface area contributed by atoms with E-state index in [9.17, 15) is 9.59 Å². The molecule has 0 atom stereocenters. The van der Waals surface area contributed by atoms with E-state index >= 15 is 0 Å². The van der Waals surface area contributed by atoms with Crippen molar-refractivity contribution in [3.63, 3.8) is 0 Å². The van der Waals surface area contributed by atoms with Crippen LogP contribution in [-0.2, 0) is 11.3 Å². The van der Waals surface area contributed by atoms with Gasteiger partial charge in [0.05, 0.1) is 6.54 Å². The van der Waals surface area contributed by atoms with Gasteiger partial charge < -0.3 is 5.32 Å². The molecule has 1 aromatic heterocycles. The number of carbonyl (C=O) groups excluding carboxylic acids is 2. The van der Waals surface area contributed by atoms with Crippen LogP contribution in [0.3, 0.4) is 0 Å². The minimum atomic E-state index is -0.122. The van der Waals surface area contributed by atoms with Gasteiger partial charge in [-0.3, -0.25) is 9.59 Å². The molecule has 21 heavy (non-hydrogen) atoms. The molecule has 0 saturated carbocycles. The van der Waals surface area contributed by atoms with Crippen LogP contribution >= 0.6 is 0 Å². The number of rotatable bonds is 5. The third-order valence-electron chi connectivity index (χ3n) is 3.07. The maximum Gasteiger partial charge on any atom is 0.226 e. The lowest BCUT2D eigenvalue weighted by atomic mass is 10.1. The first-order valence-corrected chi connectivity index (χ1v) is 6.74. The Morgan fingerprint density at radius 3 is 2.67 bits per heavy atom. The molecule has 2 rings (SSSR count). The van der Waals surface area contributed by atoms with E-state index in [0.717, 1.165) is 5.82 Å². The largest absolute Gasteiger partial charge is 0.326 e. The molecule has 0 aliphatic carbocycles. The third-order valence-corrected chi connectivity index (χ3v) is 3.07. The molecule has 0 spiro atoms. The van der Waals surface area contributed by atoms with Crippen molar-refractivity contribution in [2.24, 2.45) is 0 Å². The molecule has 0 unspecified atom stereocenters. The molecule has 0 aliphatic heterocycles. The fourth-order valence-electron chi connectivity index (χ4n) is 2.02. The van der Waals surface area contributed by atoms with E-state index in [2.05, 4.69) is 15.4 Å². The molecule has 1 N–H and O–H groups in total. The summed E-state index contributed by atoms with van der Waals surface area (Å²) in [5.41, 5.74) is 1.20. The molecule has 1 amide bonds. The van der Waals surface area contributed by atoms with Crippen LogP contribution in [0.4, 0.5) is 5.69 Å². The Hall–Kier alpha value is -2.50. The van der Waals surface area contributed by atoms with E-state index in [4.69, 9.17) is 0 Å². The Balaban J connectivity index is 1.94. The molecule has 1 aromatic carbocycles. The van der Waals surface area contributed by atoms with Crippen LogP contribution < -0.4 is 5.32 Å². The van der Waals surface area contributed by atoms with Crippen LogP contribution in [0, 0.1) is 13.8 Å². The van der Waals surface area contributed by atoms with Crippen molar-refractivity contribution in [2.45, 2.75) is 33.7 Å². The van der Waals surface area contributed by atoms with Gasteiger partial charge in [0.1, 0.15) is 11.6 Å². The second-order valence-electron chi connectivity index (χ2n) is 4.86. The lowest BCUT2D eigenvalue weighted by molar-refractivity contribution is -0.116. The number of Topliss-reactive ketones (excluding diaryl/α,β-unsaturated/α-hetero) is 1. The molecule has 0 saturated heterocycles. The van der Waals surface area contributed by atoms with Crippen molar-refractivity contribution in [1.29, 1.82) is 0 Å². The van der Waals surface area contributed by atoms with E-state index in [-0.39, 0.29) is 11.7 Å². The van der Waals surface area contributed by atoms with Crippen LogP contribution in [0.15, 0.2) is 24.3 Å². The van der Waals surface area contributed by atoms with Crippen LogP contribution in [0.1, 0.15) is 35.4 Å². The summed E-state index contributed by atoms with van der Waals surface area (Å²) >= 11 is 0. The molecule has 2 aromatic rings. The highest BCUT2D eigenvalue weighted by atomic mass is 16.1. The van der Waals surface area contributed by atoms with Gasteiger partial charge in [0.15, 0.2) is 5.78 Å². The van der Waals surface area contributed by atoms with Crippen molar-refractivity contribution >= 4 is 17.4 Å². The number of ketones is 1. The van der Waals surface area contributed by atoms with Gasteiger partial charge in [-0.15, -0.1) is 0 Å². The average Bonchev–Trinajstić information content (AvgIpc) is 2.75. The molecule has 110 valence electrons. The summed E-state index contributed by atoms with van der Waals surface area (Å²) in [6.07, 6.45) is 0.300. The monoisotopic (exact) mass is 286 g/mol. The van der Waals surface area contributed by atoms with Crippen LogP contribution in [0.25, 0.3) is 0 Å². The number of aromatic nitrogens is 3. The zero-order valence-corrected chi connectivity index (χ0v) is 12.4. The van der Waals surface area contributed by atoms with Gasteiger partial charge in [0.2, 0.25) is 5.91 Å². The number of hydrogen-bond donors (Lipinski definition) is 1. The molecule has 6 nitrogen and oxygen atoms in total. The minimum absolute atomic E-state index is 0.0279. The molecular weight excluding hydrogens is 268 g/mol. The Morgan fingerprint density at radius 1 is 1.29 bits per heavy atom. The molecule has 6 heteroatoms. The van der Waals surface area contributed by atoms with Crippen molar-refractivity contribution in [3.05, 3.63) is 41.5 Å². The smallest absolute Gasteiger partial charge is 0.226 e. The van der Waals surface area contributed by atoms with Crippen molar-refractivity contribution in [2.75, 3.05) is 5.32 Å². The zero-order valence-electron chi connectivity index (χ0n) is 12.4. The van der Waals surface area contributed by atoms with Crippen molar-refractivity contribution in [3.8, 4) is 0 Å². The van der Waals surface area contributed by atoms with Crippen LogP contribution in [0.5, 0.6) is 0 Å². The summed E-state index contributed by atoms with van der Waals surface area (Å²) in [5.74, 6) is 1.34. The first-order chi connectivity index (χ1) is 9.95. The van der Waals surface area contributed by atoms with Crippen LogP contribution in [0.2, 0.25) is 0 Å². The standard InChI is InChI=1S/C15H18N4O2/c1-10(20)13-5-4-6-14(9-13)17-15(21)7-8-19-12(3)16-11(2)18-19/h4-6,9H,7-8H2,1-3H3,(H,17,21). The lowest BCUT2D eigenvalue weighted by Crippen LogP contribution is -2.16. The maximum atomic E-state index is 11.9. The Bertz CT molecular complexity index is 676. The Kier molecular flexibility index (Phi) is 4.47. The SMILES string of the molecule is CC(=O)c1cccc(NC(=O)CCn2nc(C)nc2C)c1. The van der Waals surface area contributed by atoms with E-state index in [1.807, 2.05) is 13.8 Å². The fraction of sp³-hybridized carbons (Fsp3) is 0.333. The number of benzene rings is 1. The molecule has 0 bridgehead atoms. The number of anilines is 1. The van der Waals surface area contributed by atoms with Gasteiger partial charge in [-0.05, 0) is 32.9 Å². The Morgan fingerprint density at radius 2 is 2.05 bits per heavy atom. The van der Waals surface area contributed by atoms with E-state index < -0.39 is 0 Å². The number of hydrogen-bond acceptors (Lipinski definition) is 4. The fourth-order valence-corrected chi connectivity index (χ4v) is 2.02. The summed E-state index contributed by atoms with van der Waals surface area (Å²) in [6.45, 7) is 5.65. The highest BCUT2D eigenvalue weighted by molar-refractivity contribution is 5.97. The van der Waals surface area contributed by atoms with Crippen molar-refractivity contribution < 1.29 is 9.59 Å². The van der Waals surface area contributed by atoms with Crippen LogP contribution in [-0.4, -0.2) is 26.5 Å². The number of nitrogens with one attached hydrogen (secondary N) is 1. The highest BCUT2D eigenvalue weighted by Crippen LogP contribution is 2.11.